The first kappa shape index (κ1) is 16.1. The van der Waals surface area contributed by atoms with E-state index in [9.17, 15) is 0 Å². The molecule has 1 N–H and O–H groups in total. The van der Waals surface area contributed by atoms with E-state index in [2.05, 4.69) is 76.5 Å². The monoisotopic (exact) mass is 316 g/mol. The van der Waals surface area contributed by atoms with Crippen LogP contribution in [0.4, 0.5) is 0 Å². The number of rotatable bonds is 2. The van der Waals surface area contributed by atoms with Gasteiger partial charge in [-0.05, 0) is 46.5 Å². The van der Waals surface area contributed by atoms with Crippen molar-refractivity contribution in [2.75, 3.05) is 14.1 Å². The van der Waals surface area contributed by atoms with Crippen LogP contribution in [-0.4, -0.2) is 62.5 Å². The summed E-state index contributed by atoms with van der Waals surface area (Å²) in [6, 6.07) is 0. The lowest BCUT2D eigenvalue weighted by molar-refractivity contribution is 0.582. The minimum Gasteiger partial charge on any atom is -0.410 e. The summed E-state index contributed by atoms with van der Waals surface area (Å²) in [7, 11) is -0.176. The Bertz CT molecular complexity index is 338. The first-order valence-corrected chi connectivity index (χ1v) is 15.4. The SMILES string of the molecule is C=CN1[SiH2]N[SiH](C)N(C)[Si](C)(C)N(C)[Si]1(C)C=C. The predicted molar refractivity (Wildman–Crippen MR) is 91.6 cm³/mol. The average molecular weight is 317 g/mol. The molecule has 18 heavy (non-hydrogen) atoms. The maximum Gasteiger partial charge on any atom is 0.243 e. The third-order valence-electron chi connectivity index (χ3n) is 4.69. The number of hydrogen-bond acceptors (Lipinski definition) is 4. The van der Waals surface area contributed by atoms with Gasteiger partial charge in [0.2, 0.25) is 8.40 Å². The molecule has 104 valence electrons. The second-order valence-electron chi connectivity index (χ2n) is 5.65. The molecule has 0 radical (unpaired) electrons. The van der Waals surface area contributed by atoms with Gasteiger partial charge in [-0.3, -0.25) is 0 Å². The van der Waals surface area contributed by atoms with Crippen LogP contribution in [0.3, 0.4) is 0 Å². The molecule has 1 aliphatic heterocycles. The standard InChI is InChI=1S/C10H28N4Si4/c1-9-14-15-11-16(5)12(3)17(6,7)13(4)18(14,8)10-2/h9-11,16H,1-2,15H2,3-8H3. The fourth-order valence-corrected chi connectivity index (χ4v) is 21.9. The molecule has 0 aromatic heterocycles. The molecular weight excluding hydrogens is 288 g/mol. The van der Waals surface area contributed by atoms with Gasteiger partial charge in [0.1, 0.15) is 0 Å². The Morgan fingerprint density at radius 2 is 1.78 bits per heavy atom. The third-order valence-corrected chi connectivity index (χ3v) is 24.8. The van der Waals surface area contributed by atoms with Gasteiger partial charge >= 0.3 is 0 Å². The fraction of sp³-hybridized carbons (Fsp3) is 0.600. The van der Waals surface area contributed by atoms with Crippen molar-refractivity contribution in [1.82, 2.24) is 17.3 Å². The molecule has 8 heteroatoms. The van der Waals surface area contributed by atoms with Gasteiger partial charge in [0.15, 0.2) is 27.4 Å². The zero-order valence-electron chi connectivity index (χ0n) is 12.7. The van der Waals surface area contributed by atoms with Gasteiger partial charge in [0, 0.05) is 0 Å². The molecule has 0 aromatic rings. The maximum atomic E-state index is 4.13. The Kier molecular flexibility index (Phi) is 4.98. The molecule has 1 rings (SSSR count). The number of hydrogen-bond donors (Lipinski definition) is 1. The van der Waals surface area contributed by atoms with Crippen LogP contribution in [0.2, 0.25) is 26.2 Å². The molecule has 0 aromatic carbocycles. The highest BCUT2D eigenvalue weighted by Gasteiger charge is 2.48. The summed E-state index contributed by atoms with van der Waals surface area (Å²) in [5.74, 6) is 0. The summed E-state index contributed by atoms with van der Waals surface area (Å²) in [4.78, 5) is 0. The molecule has 0 amide bonds. The van der Waals surface area contributed by atoms with E-state index >= 15 is 0 Å². The summed E-state index contributed by atoms with van der Waals surface area (Å²) < 4.78 is 11.7. The Labute approximate surface area is 118 Å². The first-order valence-electron chi connectivity index (χ1n) is 6.45. The molecular formula is C10H28N4Si4. The Morgan fingerprint density at radius 3 is 2.22 bits per heavy atom. The van der Waals surface area contributed by atoms with Crippen molar-refractivity contribution in [3.8, 4) is 0 Å². The molecule has 0 saturated carbocycles. The van der Waals surface area contributed by atoms with Gasteiger partial charge in [-0.15, -0.1) is 6.58 Å². The van der Waals surface area contributed by atoms with Crippen molar-refractivity contribution in [2.45, 2.75) is 26.2 Å². The van der Waals surface area contributed by atoms with E-state index in [0.717, 1.165) is 0 Å². The lowest BCUT2D eigenvalue weighted by atomic mass is 11.1. The van der Waals surface area contributed by atoms with Crippen molar-refractivity contribution in [3.05, 3.63) is 25.1 Å². The van der Waals surface area contributed by atoms with Crippen LogP contribution in [0.25, 0.3) is 0 Å². The second kappa shape index (κ2) is 5.57. The van der Waals surface area contributed by atoms with Gasteiger partial charge in [-0.25, -0.2) is 0 Å². The van der Waals surface area contributed by atoms with Crippen molar-refractivity contribution in [3.63, 3.8) is 0 Å². The van der Waals surface area contributed by atoms with Gasteiger partial charge in [0.05, 0.1) is 0 Å². The topological polar surface area (TPSA) is 21.8 Å². The second-order valence-corrected chi connectivity index (χ2v) is 20.2. The minimum absolute atomic E-state index is 0.453. The van der Waals surface area contributed by atoms with Gasteiger partial charge in [-0.1, -0.05) is 12.3 Å². The Morgan fingerprint density at radius 1 is 1.22 bits per heavy atom. The fourth-order valence-electron chi connectivity index (χ4n) is 2.49. The highest BCUT2D eigenvalue weighted by atomic mass is 28.5. The maximum absolute atomic E-state index is 4.13. The summed E-state index contributed by atoms with van der Waals surface area (Å²) in [5, 5.41) is 0. The molecule has 2 unspecified atom stereocenters. The predicted octanol–water partition coefficient (Wildman–Crippen LogP) is 0.247. The van der Waals surface area contributed by atoms with E-state index in [1.807, 2.05) is 6.20 Å². The first-order chi connectivity index (χ1) is 8.21. The smallest absolute Gasteiger partial charge is 0.243 e. The molecule has 2 atom stereocenters. The quantitative estimate of drug-likeness (QED) is 0.737. The van der Waals surface area contributed by atoms with Crippen molar-refractivity contribution >= 4 is 35.8 Å². The van der Waals surface area contributed by atoms with Crippen molar-refractivity contribution in [2.24, 2.45) is 0 Å². The number of nitrogens with zero attached hydrogens (tertiary/aromatic N) is 3. The normalized spacial score (nSPS) is 36.1. The molecule has 0 aliphatic carbocycles. The van der Waals surface area contributed by atoms with Crippen LogP contribution in [0.1, 0.15) is 0 Å². The van der Waals surface area contributed by atoms with E-state index in [4.69, 9.17) is 0 Å². The van der Waals surface area contributed by atoms with E-state index in [-0.39, 0.29) is 0 Å². The van der Waals surface area contributed by atoms with E-state index < -0.39 is 35.8 Å². The molecule has 1 fully saturated rings. The minimum atomic E-state index is -1.78. The van der Waals surface area contributed by atoms with Crippen molar-refractivity contribution < 1.29 is 0 Å². The van der Waals surface area contributed by atoms with E-state index in [1.165, 1.54) is 0 Å². The average Bonchev–Trinajstić information content (AvgIpc) is 2.35. The van der Waals surface area contributed by atoms with Crippen LogP contribution in [0.5, 0.6) is 0 Å². The van der Waals surface area contributed by atoms with Crippen LogP contribution in [-0.2, 0) is 0 Å². The molecule has 1 aliphatic rings. The summed E-state index contributed by atoms with van der Waals surface area (Å²) in [6.45, 7) is 17.8. The lowest BCUT2D eigenvalue weighted by Crippen LogP contribution is -2.79. The highest BCUT2D eigenvalue weighted by molar-refractivity contribution is 6.97. The molecule has 1 saturated heterocycles. The summed E-state index contributed by atoms with van der Waals surface area (Å²) >= 11 is 0. The highest BCUT2D eigenvalue weighted by Crippen LogP contribution is 2.25. The van der Waals surface area contributed by atoms with Gasteiger partial charge in [0.25, 0.3) is 0 Å². The summed E-state index contributed by atoms with van der Waals surface area (Å²) in [6.07, 6.45) is 2.04. The van der Waals surface area contributed by atoms with Gasteiger partial charge in [-0.2, -0.15) is 0 Å². The largest absolute Gasteiger partial charge is 0.410 e. The zero-order valence-corrected chi connectivity index (χ0v) is 17.3. The lowest BCUT2D eigenvalue weighted by Gasteiger charge is -2.55. The third kappa shape index (κ3) is 2.50. The summed E-state index contributed by atoms with van der Waals surface area (Å²) in [5.41, 5.74) is 2.20. The number of nitrogens with one attached hydrogen (secondary N) is 1. The van der Waals surface area contributed by atoms with Crippen LogP contribution in [0.15, 0.2) is 25.1 Å². The Balaban J connectivity index is 3.25. The van der Waals surface area contributed by atoms with E-state index in [1.54, 1.807) is 0 Å². The zero-order chi connectivity index (χ0) is 14.1. The molecule has 4 nitrogen and oxygen atoms in total. The van der Waals surface area contributed by atoms with Gasteiger partial charge < -0.3 is 17.3 Å². The molecule has 1 heterocycles. The molecule has 0 bridgehead atoms. The molecule has 0 spiro atoms. The van der Waals surface area contributed by atoms with Crippen molar-refractivity contribution in [1.29, 1.82) is 0 Å². The van der Waals surface area contributed by atoms with E-state index in [0.29, 0.717) is 0 Å². The van der Waals surface area contributed by atoms with Crippen LogP contribution in [0, 0.1) is 0 Å². The van der Waals surface area contributed by atoms with Crippen LogP contribution >= 0.6 is 0 Å². The Hall–Kier alpha value is 0.0275. The van der Waals surface area contributed by atoms with Crippen LogP contribution < -0.4 is 4.65 Å².